The summed E-state index contributed by atoms with van der Waals surface area (Å²) in [5.41, 5.74) is 1.02. The van der Waals surface area contributed by atoms with Crippen molar-refractivity contribution >= 4 is 28.1 Å². The van der Waals surface area contributed by atoms with Crippen molar-refractivity contribution in [3.8, 4) is 0 Å². The van der Waals surface area contributed by atoms with Crippen molar-refractivity contribution in [2.75, 3.05) is 5.32 Å². The van der Waals surface area contributed by atoms with Gasteiger partial charge in [-0.15, -0.1) is 0 Å². The van der Waals surface area contributed by atoms with Gasteiger partial charge in [-0.05, 0) is 72.6 Å². The van der Waals surface area contributed by atoms with Crippen molar-refractivity contribution < 1.29 is 9.72 Å². The number of amides is 1. The lowest BCUT2D eigenvalue weighted by Gasteiger charge is -2.56. The molecule has 0 spiro atoms. The summed E-state index contributed by atoms with van der Waals surface area (Å²) in [5, 5.41) is 25.9. The molecule has 9 nitrogen and oxygen atoms in total. The lowest BCUT2D eigenvalue weighted by molar-refractivity contribution is -0.385. The van der Waals surface area contributed by atoms with Crippen molar-refractivity contribution in [2.24, 2.45) is 17.8 Å². The lowest BCUT2D eigenvalue weighted by atomic mass is 9.53. The Balaban J connectivity index is 1.13. The predicted octanol–water partition coefficient (Wildman–Crippen LogP) is 5.37. The van der Waals surface area contributed by atoms with E-state index in [2.05, 4.69) is 39.8 Å². The fourth-order valence-electron chi connectivity index (χ4n) is 7.56. The van der Waals surface area contributed by atoms with Gasteiger partial charge in [0.15, 0.2) is 0 Å². The van der Waals surface area contributed by atoms with Gasteiger partial charge in [0, 0.05) is 6.20 Å². The standard InChI is InChI=1S/C28H28N6O3/c35-27(30-23-14-29-32(16-23)15-22-6-3-5-21-4-1-2-7-24(21)22)26-25(34(36)37)17-33(31-26)28-11-18-8-19(12-28)10-20(9-18)13-28/h1-7,14,16-20H,8-13,15H2,(H,30,35). The Morgan fingerprint density at radius 3 is 2.46 bits per heavy atom. The fraction of sp³-hybridized carbons (Fsp3) is 0.393. The molecule has 1 amide bonds. The molecule has 2 heterocycles. The minimum Gasteiger partial charge on any atom is -0.318 e. The number of carbonyl (C=O) groups excluding carboxylic acids is 1. The van der Waals surface area contributed by atoms with E-state index < -0.39 is 10.8 Å². The fourth-order valence-corrected chi connectivity index (χ4v) is 7.56. The zero-order valence-electron chi connectivity index (χ0n) is 20.4. The lowest BCUT2D eigenvalue weighted by Crippen LogP contribution is -2.52. The van der Waals surface area contributed by atoms with Crippen LogP contribution in [0.25, 0.3) is 10.8 Å². The summed E-state index contributed by atoms with van der Waals surface area (Å²) in [6, 6.07) is 14.3. The molecule has 0 radical (unpaired) electrons. The van der Waals surface area contributed by atoms with Gasteiger partial charge in [0.1, 0.15) is 6.20 Å². The molecule has 2 aromatic carbocycles. The van der Waals surface area contributed by atoms with E-state index in [1.165, 1.54) is 25.5 Å². The first kappa shape index (κ1) is 22.2. The van der Waals surface area contributed by atoms with Gasteiger partial charge in [-0.1, -0.05) is 42.5 Å². The highest BCUT2D eigenvalue weighted by molar-refractivity contribution is 6.05. The first-order valence-electron chi connectivity index (χ1n) is 13.0. The third-order valence-corrected chi connectivity index (χ3v) is 8.70. The van der Waals surface area contributed by atoms with Crippen molar-refractivity contribution in [1.82, 2.24) is 19.6 Å². The molecule has 4 aliphatic rings. The smallest absolute Gasteiger partial charge is 0.318 e. The molecule has 1 N–H and O–H groups in total. The number of carbonyl (C=O) groups is 1. The Hall–Kier alpha value is -4.01. The van der Waals surface area contributed by atoms with Gasteiger partial charge in [0.05, 0.1) is 28.9 Å². The molecule has 4 aromatic rings. The number of nitrogens with one attached hydrogen (secondary N) is 1. The summed E-state index contributed by atoms with van der Waals surface area (Å²) in [5.74, 6) is 1.41. The number of fused-ring (bicyclic) bond motifs is 1. The topological polar surface area (TPSA) is 108 Å². The van der Waals surface area contributed by atoms with Crippen LogP contribution in [0.2, 0.25) is 0 Å². The van der Waals surface area contributed by atoms with E-state index in [0.29, 0.717) is 30.0 Å². The van der Waals surface area contributed by atoms with E-state index in [1.807, 2.05) is 18.2 Å². The summed E-state index contributed by atoms with van der Waals surface area (Å²) in [6.45, 7) is 0.540. The third-order valence-electron chi connectivity index (χ3n) is 8.70. The molecule has 4 saturated carbocycles. The summed E-state index contributed by atoms with van der Waals surface area (Å²) in [7, 11) is 0. The molecular weight excluding hydrogens is 468 g/mol. The van der Waals surface area contributed by atoms with Gasteiger partial charge in [0.2, 0.25) is 5.69 Å². The Bertz CT molecular complexity index is 1500. The molecule has 0 aliphatic heterocycles. The third kappa shape index (κ3) is 3.80. The van der Waals surface area contributed by atoms with Crippen LogP contribution in [-0.4, -0.2) is 30.4 Å². The average molecular weight is 497 g/mol. The number of benzene rings is 2. The average Bonchev–Trinajstić information content (AvgIpc) is 3.51. The number of nitrogens with zero attached hydrogens (tertiary/aromatic N) is 5. The van der Waals surface area contributed by atoms with E-state index in [0.717, 1.165) is 35.6 Å². The van der Waals surface area contributed by atoms with E-state index in [1.54, 1.807) is 21.8 Å². The second kappa shape index (κ2) is 8.26. The molecular formula is C28H28N6O3. The summed E-state index contributed by atoms with van der Waals surface area (Å²) >= 11 is 0. The molecule has 4 aliphatic carbocycles. The molecule has 2 aromatic heterocycles. The maximum atomic E-state index is 13.2. The maximum Gasteiger partial charge on any atom is 0.320 e. The Morgan fingerprint density at radius 1 is 1.03 bits per heavy atom. The minimum atomic E-state index is -0.583. The van der Waals surface area contributed by atoms with E-state index in [-0.39, 0.29) is 16.9 Å². The van der Waals surface area contributed by atoms with Gasteiger partial charge < -0.3 is 5.32 Å². The molecule has 9 heteroatoms. The molecule has 0 saturated heterocycles. The minimum absolute atomic E-state index is 0.137. The van der Waals surface area contributed by atoms with Gasteiger partial charge >= 0.3 is 5.69 Å². The first-order chi connectivity index (χ1) is 18.0. The number of nitro groups is 1. The second-order valence-electron chi connectivity index (χ2n) is 11.2. The zero-order valence-corrected chi connectivity index (χ0v) is 20.4. The van der Waals surface area contributed by atoms with Gasteiger partial charge in [-0.3, -0.25) is 24.3 Å². The van der Waals surface area contributed by atoms with Crippen molar-refractivity contribution in [2.45, 2.75) is 50.6 Å². The highest BCUT2D eigenvalue weighted by Gasteiger charge is 2.53. The SMILES string of the molecule is O=C(Nc1cnn(Cc2cccc3ccccc23)c1)c1nn(C23CC4CC(CC(C4)C2)C3)cc1[N+](=O)[O-]. The maximum absolute atomic E-state index is 13.2. The highest BCUT2D eigenvalue weighted by atomic mass is 16.6. The summed E-state index contributed by atoms with van der Waals surface area (Å²) < 4.78 is 3.52. The molecule has 37 heavy (non-hydrogen) atoms. The molecule has 0 unspecified atom stereocenters. The zero-order chi connectivity index (χ0) is 25.1. The Labute approximate surface area is 213 Å². The number of aromatic nitrogens is 4. The monoisotopic (exact) mass is 496 g/mol. The van der Waals surface area contributed by atoms with Crippen LogP contribution in [0.1, 0.15) is 54.6 Å². The summed E-state index contributed by atoms with van der Waals surface area (Å²) in [6.07, 6.45) is 11.6. The molecule has 188 valence electrons. The molecule has 4 fully saturated rings. The van der Waals surface area contributed by atoms with Crippen molar-refractivity contribution in [3.63, 3.8) is 0 Å². The Kier molecular flexibility index (Phi) is 4.96. The predicted molar refractivity (Wildman–Crippen MR) is 138 cm³/mol. The van der Waals surface area contributed by atoms with E-state index in [9.17, 15) is 14.9 Å². The number of rotatable bonds is 6. The highest BCUT2D eigenvalue weighted by Crippen LogP contribution is 2.58. The number of hydrogen-bond donors (Lipinski definition) is 1. The largest absolute Gasteiger partial charge is 0.320 e. The van der Waals surface area contributed by atoms with Crippen molar-refractivity contribution in [1.29, 1.82) is 0 Å². The second-order valence-corrected chi connectivity index (χ2v) is 11.2. The van der Waals surface area contributed by atoms with Crippen LogP contribution in [0.3, 0.4) is 0 Å². The van der Waals surface area contributed by atoms with Crippen LogP contribution in [-0.2, 0) is 12.1 Å². The quantitative estimate of drug-likeness (QED) is 0.285. The molecule has 0 atom stereocenters. The Morgan fingerprint density at radius 2 is 1.73 bits per heavy atom. The van der Waals surface area contributed by atoms with Crippen LogP contribution in [0.4, 0.5) is 11.4 Å². The van der Waals surface area contributed by atoms with Crippen LogP contribution in [0.15, 0.2) is 61.1 Å². The molecule has 4 bridgehead atoms. The van der Waals surface area contributed by atoms with E-state index >= 15 is 0 Å². The van der Waals surface area contributed by atoms with Crippen molar-refractivity contribution in [3.05, 3.63) is 82.4 Å². The van der Waals surface area contributed by atoms with Crippen LogP contribution >= 0.6 is 0 Å². The van der Waals surface area contributed by atoms with Crippen LogP contribution in [0, 0.1) is 27.9 Å². The van der Waals surface area contributed by atoms with Crippen LogP contribution < -0.4 is 5.32 Å². The van der Waals surface area contributed by atoms with E-state index in [4.69, 9.17) is 0 Å². The molecule has 8 rings (SSSR count). The number of anilines is 1. The number of hydrogen-bond acceptors (Lipinski definition) is 5. The van der Waals surface area contributed by atoms with Gasteiger partial charge in [0.25, 0.3) is 5.91 Å². The summed E-state index contributed by atoms with van der Waals surface area (Å²) in [4.78, 5) is 24.6. The normalized spacial score (nSPS) is 26.0. The van der Waals surface area contributed by atoms with Gasteiger partial charge in [-0.2, -0.15) is 10.2 Å². The van der Waals surface area contributed by atoms with Crippen LogP contribution in [0.5, 0.6) is 0 Å². The first-order valence-corrected chi connectivity index (χ1v) is 13.0. The van der Waals surface area contributed by atoms with Gasteiger partial charge in [-0.25, -0.2) is 0 Å².